The van der Waals surface area contributed by atoms with Gasteiger partial charge < -0.3 is 20.5 Å². The van der Waals surface area contributed by atoms with Crippen molar-refractivity contribution in [3.05, 3.63) is 70.4 Å². The highest BCUT2D eigenvalue weighted by Crippen LogP contribution is 2.36. The fourth-order valence-electron chi connectivity index (χ4n) is 3.23. The van der Waals surface area contributed by atoms with E-state index in [-0.39, 0.29) is 15.8 Å². The normalized spacial score (nSPS) is 10.8. The van der Waals surface area contributed by atoms with E-state index in [9.17, 15) is 14.3 Å². The second-order valence-corrected chi connectivity index (χ2v) is 8.76. The standard InChI is InChI=1S/C24H21ClFN5O3S/c1-34-11-5-10-27-21-16(13-28-24(31-21)29-15-8-9-18(26)17(25)12-15)22-30-19(20(35-22)23(32)33)14-6-3-2-4-7-14/h2-4,6-9,12-13H,5,10-11H2,1H3,(H,32,33)(H2,27,28,29,31). The van der Waals surface area contributed by atoms with Crippen LogP contribution < -0.4 is 10.6 Å². The number of methoxy groups -OCH3 is 1. The van der Waals surface area contributed by atoms with Gasteiger partial charge in [-0.2, -0.15) is 4.98 Å². The Kier molecular flexibility index (Phi) is 7.86. The van der Waals surface area contributed by atoms with Crippen LogP contribution in [0.3, 0.4) is 0 Å². The van der Waals surface area contributed by atoms with E-state index < -0.39 is 11.8 Å². The molecule has 2 aromatic carbocycles. The molecule has 3 N–H and O–H groups in total. The average molecular weight is 514 g/mol. The zero-order chi connectivity index (χ0) is 24.8. The SMILES string of the molecule is COCCCNc1nc(Nc2ccc(F)c(Cl)c2)ncc1-c1nc(-c2ccccc2)c(C(=O)O)s1. The molecule has 4 rings (SSSR count). The molecule has 180 valence electrons. The first-order valence-electron chi connectivity index (χ1n) is 10.6. The van der Waals surface area contributed by atoms with Crippen LogP contribution in [0.15, 0.2) is 54.7 Å². The van der Waals surface area contributed by atoms with Crippen LogP contribution in [-0.4, -0.2) is 46.3 Å². The second-order valence-electron chi connectivity index (χ2n) is 7.35. The molecule has 0 radical (unpaired) electrons. The number of carboxylic acid groups (broad SMARTS) is 1. The molecule has 4 aromatic rings. The van der Waals surface area contributed by atoms with E-state index in [0.717, 1.165) is 17.8 Å². The van der Waals surface area contributed by atoms with Gasteiger partial charge >= 0.3 is 5.97 Å². The number of rotatable bonds is 10. The maximum Gasteiger partial charge on any atom is 0.348 e. The lowest BCUT2D eigenvalue weighted by molar-refractivity contribution is 0.0702. The van der Waals surface area contributed by atoms with Crippen LogP contribution >= 0.6 is 22.9 Å². The zero-order valence-electron chi connectivity index (χ0n) is 18.6. The molecule has 35 heavy (non-hydrogen) atoms. The van der Waals surface area contributed by atoms with Crippen molar-refractivity contribution in [1.29, 1.82) is 0 Å². The predicted octanol–water partition coefficient (Wildman–Crippen LogP) is 5.95. The summed E-state index contributed by atoms with van der Waals surface area (Å²) in [5, 5.41) is 16.5. The van der Waals surface area contributed by atoms with E-state index in [1.807, 2.05) is 30.3 Å². The van der Waals surface area contributed by atoms with Crippen molar-refractivity contribution in [2.45, 2.75) is 6.42 Å². The minimum absolute atomic E-state index is 0.0260. The summed E-state index contributed by atoms with van der Waals surface area (Å²) >= 11 is 6.93. The van der Waals surface area contributed by atoms with Crippen molar-refractivity contribution in [2.24, 2.45) is 0 Å². The maximum atomic E-state index is 13.5. The quantitative estimate of drug-likeness (QED) is 0.223. The molecular formula is C24H21ClFN5O3S. The lowest BCUT2D eigenvalue weighted by Crippen LogP contribution is -2.09. The van der Waals surface area contributed by atoms with Crippen LogP contribution in [0.1, 0.15) is 16.1 Å². The van der Waals surface area contributed by atoms with Gasteiger partial charge in [-0.05, 0) is 24.6 Å². The topological polar surface area (TPSA) is 109 Å². The van der Waals surface area contributed by atoms with Crippen molar-refractivity contribution in [1.82, 2.24) is 15.0 Å². The first-order chi connectivity index (χ1) is 17.0. The van der Waals surface area contributed by atoms with E-state index in [0.29, 0.717) is 46.5 Å². The van der Waals surface area contributed by atoms with Crippen LogP contribution in [0.2, 0.25) is 5.02 Å². The molecule has 0 saturated heterocycles. The lowest BCUT2D eigenvalue weighted by atomic mass is 10.1. The van der Waals surface area contributed by atoms with Crippen molar-refractivity contribution in [3.63, 3.8) is 0 Å². The molecule has 0 amide bonds. The van der Waals surface area contributed by atoms with Crippen LogP contribution in [0, 0.1) is 5.82 Å². The molecule has 0 fully saturated rings. The van der Waals surface area contributed by atoms with Gasteiger partial charge in [0.2, 0.25) is 5.95 Å². The molecular weight excluding hydrogens is 493 g/mol. The third-order valence-electron chi connectivity index (χ3n) is 4.88. The maximum absolute atomic E-state index is 13.5. The third-order valence-corrected chi connectivity index (χ3v) is 6.25. The fourth-order valence-corrected chi connectivity index (χ4v) is 4.35. The number of nitrogens with zero attached hydrogens (tertiary/aromatic N) is 3. The highest BCUT2D eigenvalue weighted by Gasteiger charge is 2.22. The third kappa shape index (κ3) is 5.91. The number of carbonyl (C=O) groups is 1. The number of anilines is 3. The Hall–Kier alpha value is -3.60. The van der Waals surface area contributed by atoms with E-state index in [4.69, 9.17) is 16.3 Å². The van der Waals surface area contributed by atoms with E-state index in [1.165, 1.54) is 18.2 Å². The van der Waals surface area contributed by atoms with Crippen LogP contribution in [0.25, 0.3) is 21.8 Å². The first-order valence-corrected chi connectivity index (χ1v) is 11.8. The van der Waals surface area contributed by atoms with E-state index >= 15 is 0 Å². The molecule has 11 heteroatoms. The molecule has 8 nitrogen and oxygen atoms in total. The van der Waals surface area contributed by atoms with Gasteiger partial charge in [0.25, 0.3) is 0 Å². The first kappa shape index (κ1) is 24.5. The van der Waals surface area contributed by atoms with Crippen LogP contribution in [-0.2, 0) is 4.74 Å². The summed E-state index contributed by atoms with van der Waals surface area (Å²) in [5.41, 5.74) is 2.16. The highest BCUT2D eigenvalue weighted by atomic mass is 35.5. The number of ether oxygens (including phenoxy) is 1. The number of carboxylic acids is 1. The van der Waals surface area contributed by atoms with Gasteiger partial charge in [0.15, 0.2) is 0 Å². The molecule has 0 aliphatic rings. The molecule has 0 bridgehead atoms. The molecule has 0 atom stereocenters. The Bertz CT molecular complexity index is 1340. The van der Waals surface area contributed by atoms with E-state index in [1.54, 1.807) is 13.3 Å². The molecule has 0 unspecified atom stereocenters. The Labute approximate surface area is 209 Å². The summed E-state index contributed by atoms with van der Waals surface area (Å²) in [5.74, 6) is -0.864. The van der Waals surface area contributed by atoms with Gasteiger partial charge in [-0.25, -0.2) is 19.2 Å². The Morgan fingerprint density at radius 3 is 2.71 bits per heavy atom. The number of thiazole rings is 1. The Morgan fingerprint density at radius 2 is 2.00 bits per heavy atom. The number of halogens is 2. The van der Waals surface area contributed by atoms with Crippen LogP contribution in [0.5, 0.6) is 0 Å². The fraction of sp³-hybridized carbons (Fsp3) is 0.167. The number of benzene rings is 2. The number of hydrogen-bond acceptors (Lipinski definition) is 8. The summed E-state index contributed by atoms with van der Waals surface area (Å²) in [6.07, 6.45) is 2.29. The summed E-state index contributed by atoms with van der Waals surface area (Å²) in [7, 11) is 1.63. The summed E-state index contributed by atoms with van der Waals surface area (Å²) in [6.45, 7) is 1.12. The van der Waals surface area contributed by atoms with Crippen LogP contribution in [0.4, 0.5) is 21.8 Å². The van der Waals surface area contributed by atoms with Gasteiger partial charge in [0.05, 0.1) is 16.3 Å². The number of aromatic carboxylic acids is 1. The molecule has 0 saturated carbocycles. The van der Waals surface area contributed by atoms with Crippen molar-refractivity contribution in [2.75, 3.05) is 30.9 Å². The second kappa shape index (κ2) is 11.2. The van der Waals surface area contributed by atoms with E-state index in [2.05, 4.69) is 25.6 Å². The predicted molar refractivity (Wildman–Crippen MR) is 135 cm³/mol. The average Bonchev–Trinajstić information content (AvgIpc) is 3.31. The van der Waals surface area contributed by atoms with Crippen molar-refractivity contribution >= 4 is 46.4 Å². The largest absolute Gasteiger partial charge is 0.477 e. The molecule has 0 aliphatic carbocycles. The van der Waals surface area contributed by atoms with Gasteiger partial charge in [-0.15, -0.1) is 11.3 Å². The Balaban J connectivity index is 1.71. The monoisotopic (exact) mass is 513 g/mol. The minimum atomic E-state index is -1.06. The van der Waals surface area contributed by atoms with Gasteiger partial charge in [-0.3, -0.25) is 0 Å². The number of hydrogen-bond donors (Lipinski definition) is 3. The molecule has 2 aromatic heterocycles. The smallest absolute Gasteiger partial charge is 0.348 e. The van der Waals surface area contributed by atoms with Gasteiger partial charge in [-0.1, -0.05) is 41.9 Å². The van der Waals surface area contributed by atoms with Crippen molar-refractivity contribution < 1.29 is 19.0 Å². The summed E-state index contributed by atoms with van der Waals surface area (Å²) in [4.78, 5) is 25.6. The summed E-state index contributed by atoms with van der Waals surface area (Å²) < 4.78 is 18.6. The number of nitrogens with one attached hydrogen (secondary N) is 2. The zero-order valence-corrected chi connectivity index (χ0v) is 20.2. The minimum Gasteiger partial charge on any atom is -0.477 e. The summed E-state index contributed by atoms with van der Waals surface area (Å²) in [6, 6.07) is 13.3. The Morgan fingerprint density at radius 1 is 1.20 bits per heavy atom. The molecule has 0 spiro atoms. The molecule has 0 aliphatic heterocycles. The van der Waals surface area contributed by atoms with Gasteiger partial charge in [0.1, 0.15) is 21.5 Å². The molecule has 2 heterocycles. The van der Waals surface area contributed by atoms with Gasteiger partial charge in [0, 0.05) is 37.7 Å². The lowest BCUT2D eigenvalue weighted by Gasteiger charge is -2.12. The number of aromatic nitrogens is 3. The highest BCUT2D eigenvalue weighted by molar-refractivity contribution is 7.17. The van der Waals surface area contributed by atoms with Crippen molar-refractivity contribution in [3.8, 4) is 21.8 Å².